The van der Waals surface area contributed by atoms with Crippen molar-refractivity contribution >= 4 is 5.91 Å². The van der Waals surface area contributed by atoms with Crippen LogP contribution < -0.4 is 0 Å². The fraction of sp³-hybridized carbons (Fsp3) is 0.421. The van der Waals surface area contributed by atoms with Gasteiger partial charge in [-0.1, -0.05) is 25.1 Å². The monoisotopic (exact) mass is 311 g/mol. The molecule has 4 nitrogen and oxygen atoms in total. The van der Waals surface area contributed by atoms with E-state index in [0.717, 1.165) is 17.5 Å². The second-order valence-corrected chi connectivity index (χ2v) is 6.21. The van der Waals surface area contributed by atoms with Crippen LogP contribution in [0.4, 0.5) is 0 Å². The highest BCUT2D eigenvalue weighted by Gasteiger charge is 2.24. The quantitative estimate of drug-likeness (QED) is 0.839. The van der Waals surface area contributed by atoms with Crippen molar-refractivity contribution in [1.82, 2.24) is 14.9 Å². The minimum atomic E-state index is 0.0220. The normalized spacial score (nSPS) is 11.1. The first-order valence-electron chi connectivity index (χ1n) is 8.18. The van der Waals surface area contributed by atoms with Crippen molar-refractivity contribution in [3.63, 3.8) is 0 Å². The van der Waals surface area contributed by atoms with E-state index >= 15 is 0 Å². The number of aromatic nitrogens is 2. The third-order valence-corrected chi connectivity index (χ3v) is 3.86. The number of rotatable bonds is 5. The molecule has 23 heavy (non-hydrogen) atoms. The van der Waals surface area contributed by atoms with Gasteiger partial charge < -0.3 is 4.90 Å². The summed E-state index contributed by atoms with van der Waals surface area (Å²) in [7, 11) is 0. The van der Waals surface area contributed by atoms with Crippen LogP contribution in [0.3, 0.4) is 0 Å². The van der Waals surface area contributed by atoms with Crippen LogP contribution in [0, 0.1) is 0 Å². The average molecular weight is 311 g/mol. The summed E-state index contributed by atoms with van der Waals surface area (Å²) in [6, 6.07) is 7.84. The Kier molecular flexibility index (Phi) is 5.48. The number of aryl methyl sites for hydroxylation is 1. The van der Waals surface area contributed by atoms with Gasteiger partial charge in [0.2, 0.25) is 0 Å². The Balaban J connectivity index is 2.46. The molecule has 1 heterocycles. The van der Waals surface area contributed by atoms with Crippen LogP contribution in [-0.2, 0) is 6.42 Å². The average Bonchev–Trinajstić information content (AvgIpc) is 2.54. The highest BCUT2D eigenvalue weighted by molar-refractivity contribution is 6.00. The van der Waals surface area contributed by atoms with Crippen molar-refractivity contribution in [2.75, 3.05) is 0 Å². The van der Waals surface area contributed by atoms with E-state index < -0.39 is 0 Å². The summed E-state index contributed by atoms with van der Waals surface area (Å²) in [5.41, 5.74) is 2.52. The molecule has 0 saturated heterocycles. The van der Waals surface area contributed by atoms with Gasteiger partial charge in [0.15, 0.2) is 5.82 Å². The van der Waals surface area contributed by atoms with Crippen molar-refractivity contribution in [3.05, 3.63) is 47.8 Å². The largest absolute Gasteiger partial charge is 0.334 e. The van der Waals surface area contributed by atoms with Gasteiger partial charge in [-0.25, -0.2) is 9.97 Å². The maximum absolute atomic E-state index is 13.0. The molecular formula is C19H25N3O. The number of carbonyl (C=O) groups excluding carboxylic acids is 1. The van der Waals surface area contributed by atoms with Crippen molar-refractivity contribution in [2.24, 2.45) is 0 Å². The Morgan fingerprint density at radius 2 is 1.61 bits per heavy atom. The van der Waals surface area contributed by atoms with Gasteiger partial charge in [-0.2, -0.15) is 0 Å². The first-order valence-corrected chi connectivity index (χ1v) is 8.18. The minimum Gasteiger partial charge on any atom is -0.334 e. The van der Waals surface area contributed by atoms with E-state index in [0.29, 0.717) is 11.4 Å². The first kappa shape index (κ1) is 17.1. The van der Waals surface area contributed by atoms with E-state index in [4.69, 9.17) is 0 Å². The smallest absolute Gasteiger partial charge is 0.255 e. The number of hydrogen-bond acceptors (Lipinski definition) is 3. The highest BCUT2D eigenvalue weighted by atomic mass is 16.2. The van der Waals surface area contributed by atoms with Gasteiger partial charge in [-0.05, 0) is 45.7 Å². The molecule has 4 heteroatoms. The van der Waals surface area contributed by atoms with Gasteiger partial charge in [0.1, 0.15) is 0 Å². The van der Waals surface area contributed by atoms with Gasteiger partial charge in [0, 0.05) is 30.0 Å². The van der Waals surface area contributed by atoms with Crippen LogP contribution >= 0.6 is 0 Å². The molecule has 0 spiro atoms. The lowest BCUT2D eigenvalue weighted by atomic mass is 10.0. The first-order chi connectivity index (χ1) is 11.0. The minimum absolute atomic E-state index is 0.0220. The predicted octanol–water partition coefficient (Wildman–Crippen LogP) is 3.97. The van der Waals surface area contributed by atoms with E-state index in [1.807, 2.05) is 69.3 Å². The van der Waals surface area contributed by atoms with Crippen LogP contribution in [0.2, 0.25) is 0 Å². The molecule has 0 radical (unpaired) electrons. The number of hydrogen-bond donors (Lipinski definition) is 0. The fourth-order valence-corrected chi connectivity index (χ4v) is 2.75. The summed E-state index contributed by atoms with van der Waals surface area (Å²) >= 11 is 0. The lowest BCUT2D eigenvalue weighted by molar-refractivity contribution is 0.0644. The van der Waals surface area contributed by atoms with E-state index in [1.54, 1.807) is 0 Å². The van der Waals surface area contributed by atoms with Crippen LogP contribution in [0.1, 0.15) is 50.5 Å². The maximum atomic E-state index is 13.0. The predicted molar refractivity (Wildman–Crippen MR) is 93.3 cm³/mol. The number of benzene rings is 1. The summed E-state index contributed by atoms with van der Waals surface area (Å²) in [6.07, 6.45) is 4.55. The molecule has 2 aromatic rings. The van der Waals surface area contributed by atoms with Gasteiger partial charge >= 0.3 is 0 Å². The molecule has 1 amide bonds. The molecule has 122 valence electrons. The highest BCUT2D eigenvalue weighted by Crippen LogP contribution is 2.23. The van der Waals surface area contributed by atoms with Gasteiger partial charge in [0.25, 0.3) is 5.91 Å². The summed E-state index contributed by atoms with van der Waals surface area (Å²) in [6.45, 7) is 10.2. The SMILES string of the molecule is CCc1cnc(-c2ccccc2C(=O)N(C(C)C)C(C)C)nc1. The number of nitrogens with zero attached hydrogens (tertiary/aromatic N) is 3. The van der Waals surface area contributed by atoms with E-state index in [1.165, 1.54) is 0 Å². The molecule has 0 atom stereocenters. The molecule has 0 saturated carbocycles. The maximum Gasteiger partial charge on any atom is 0.255 e. The van der Waals surface area contributed by atoms with Crippen molar-refractivity contribution < 1.29 is 4.79 Å². The second-order valence-electron chi connectivity index (χ2n) is 6.21. The zero-order chi connectivity index (χ0) is 17.0. The number of carbonyl (C=O) groups is 1. The summed E-state index contributed by atoms with van der Waals surface area (Å²) < 4.78 is 0. The molecule has 0 bridgehead atoms. The van der Waals surface area contributed by atoms with Crippen molar-refractivity contribution in [3.8, 4) is 11.4 Å². The van der Waals surface area contributed by atoms with Gasteiger partial charge in [-0.3, -0.25) is 4.79 Å². The zero-order valence-corrected chi connectivity index (χ0v) is 14.6. The third-order valence-electron chi connectivity index (χ3n) is 3.86. The summed E-state index contributed by atoms with van der Waals surface area (Å²) in [5, 5.41) is 0. The molecule has 0 N–H and O–H groups in total. The molecule has 0 aliphatic heterocycles. The lowest BCUT2D eigenvalue weighted by Crippen LogP contribution is -2.42. The summed E-state index contributed by atoms with van der Waals surface area (Å²) in [4.78, 5) is 23.8. The lowest BCUT2D eigenvalue weighted by Gasteiger charge is -2.31. The van der Waals surface area contributed by atoms with E-state index in [-0.39, 0.29) is 18.0 Å². The summed E-state index contributed by atoms with van der Waals surface area (Å²) in [5.74, 6) is 0.618. The molecule has 0 unspecified atom stereocenters. The van der Waals surface area contributed by atoms with Crippen LogP contribution in [-0.4, -0.2) is 32.9 Å². The fourth-order valence-electron chi connectivity index (χ4n) is 2.75. The Bertz CT molecular complexity index is 655. The second kappa shape index (κ2) is 7.36. The molecule has 1 aromatic carbocycles. The third kappa shape index (κ3) is 3.76. The molecule has 1 aromatic heterocycles. The van der Waals surface area contributed by atoms with Gasteiger partial charge in [-0.15, -0.1) is 0 Å². The Labute approximate surface area is 138 Å². The van der Waals surface area contributed by atoms with E-state index in [9.17, 15) is 4.79 Å². The Morgan fingerprint density at radius 1 is 1.04 bits per heavy atom. The molecule has 0 aliphatic carbocycles. The van der Waals surface area contributed by atoms with Crippen molar-refractivity contribution in [1.29, 1.82) is 0 Å². The zero-order valence-electron chi connectivity index (χ0n) is 14.6. The standard InChI is InChI=1S/C19H25N3O/c1-6-15-11-20-18(21-12-15)16-9-7-8-10-17(16)19(23)22(13(2)3)14(4)5/h7-14H,6H2,1-5H3. The van der Waals surface area contributed by atoms with Gasteiger partial charge in [0.05, 0.1) is 5.56 Å². The van der Waals surface area contributed by atoms with E-state index in [2.05, 4.69) is 16.9 Å². The topological polar surface area (TPSA) is 46.1 Å². The Hall–Kier alpha value is -2.23. The molecular weight excluding hydrogens is 286 g/mol. The van der Waals surface area contributed by atoms with Crippen LogP contribution in [0.5, 0.6) is 0 Å². The van der Waals surface area contributed by atoms with Crippen LogP contribution in [0.15, 0.2) is 36.7 Å². The number of amides is 1. The van der Waals surface area contributed by atoms with Crippen molar-refractivity contribution in [2.45, 2.75) is 53.1 Å². The Morgan fingerprint density at radius 3 is 2.13 bits per heavy atom. The molecule has 2 rings (SSSR count). The molecule has 0 aliphatic rings. The van der Waals surface area contributed by atoms with Crippen LogP contribution in [0.25, 0.3) is 11.4 Å². The molecule has 0 fully saturated rings.